The molecule has 0 spiro atoms. The van der Waals surface area contributed by atoms with Crippen LogP contribution in [0, 0.1) is 0 Å². The molecule has 13 heteroatoms. The number of fused-ring (bicyclic) bond motifs is 3. The van der Waals surface area contributed by atoms with Crippen LogP contribution >= 0.6 is 0 Å². The fraction of sp³-hybridized carbons (Fsp3) is 0.208. The number of methoxy groups -OCH3 is 1. The Morgan fingerprint density at radius 2 is 1.86 bits per heavy atom. The maximum atomic E-state index is 12.8. The van der Waals surface area contributed by atoms with Gasteiger partial charge < -0.3 is 15.2 Å². The number of rotatable bonds is 6. The molecule has 3 N–H and O–H groups in total. The number of nitrogens with two attached hydrogens (primary N) is 1. The molecule has 2 aliphatic heterocycles. The number of hydrogen-bond acceptors (Lipinski definition) is 11. The zero-order valence-electron chi connectivity index (χ0n) is 20.0. The van der Waals surface area contributed by atoms with Crippen molar-refractivity contribution >= 4 is 39.2 Å². The number of amides is 1. The van der Waals surface area contributed by atoms with Crippen molar-refractivity contribution in [3.8, 4) is 11.5 Å². The highest BCUT2D eigenvalue weighted by atomic mass is 32.2. The van der Waals surface area contributed by atoms with Gasteiger partial charge in [0.1, 0.15) is 18.1 Å². The first-order chi connectivity index (χ1) is 17.7. The number of nitrogens with zero attached hydrogens (tertiary/aromatic N) is 5. The molecule has 1 amide bonds. The van der Waals surface area contributed by atoms with E-state index in [-0.39, 0.29) is 29.0 Å². The summed E-state index contributed by atoms with van der Waals surface area (Å²) < 4.78 is 35.1. The Labute approximate surface area is 212 Å². The normalized spacial score (nSPS) is 14.3. The summed E-state index contributed by atoms with van der Waals surface area (Å²) in [5.41, 5.74) is 7.73. The molecular weight excluding hydrogens is 498 g/mol. The number of hydrogen-bond donors (Lipinski definition) is 2. The first-order valence-corrected chi connectivity index (χ1v) is 13.1. The molecule has 0 bridgehead atoms. The van der Waals surface area contributed by atoms with Crippen molar-refractivity contribution < 1.29 is 22.7 Å². The largest absolute Gasteiger partial charge is 0.491 e. The highest BCUT2D eigenvalue weighted by Crippen LogP contribution is 2.43. The Morgan fingerprint density at radius 1 is 1.14 bits per heavy atom. The van der Waals surface area contributed by atoms with E-state index in [1.807, 2.05) is 11.0 Å². The average Bonchev–Trinajstić information content (AvgIpc) is 3.38. The third-order valence-electron chi connectivity index (χ3n) is 5.76. The molecule has 12 nitrogen and oxygen atoms in total. The minimum atomic E-state index is -3.28. The monoisotopic (exact) mass is 521 g/mol. The molecule has 190 valence electrons. The number of sulfone groups is 1. The van der Waals surface area contributed by atoms with E-state index in [9.17, 15) is 13.2 Å². The summed E-state index contributed by atoms with van der Waals surface area (Å²) in [6.07, 6.45) is 3.83. The van der Waals surface area contributed by atoms with Crippen molar-refractivity contribution in [2.75, 3.05) is 32.2 Å². The average molecular weight is 522 g/mol. The number of nitrogen functional groups attached to an aromatic ring is 1. The molecule has 0 saturated heterocycles. The molecule has 1 aromatic heterocycles. The van der Waals surface area contributed by atoms with Gasteiger partial charge in [0.25, 0.3) is 5.91 Å². The Kier molecular flexibility index (Phi) is 6.21. The Morgan fingerprint density at radius 3 is 2.54 bits per heavy atom. The summed E-state index contributed by atoms with van der Waals surface area (Å²) >= 11 is 0. The lowest BCUT2D eigenvalue weighted by Crippen LogP contribution is -2.47. The van der Waals surface area contributed by atoms with E-state index in [4.69, 9.17) is 15.2 Å². The number of carbonyl (C=O) groups excluding carboxylic acids is 1. The van der Waals surface area contributed by atoms with Crippen LogP contribution in [0.25, 0.3) is 0 Å². The minimum Gasteiger partial charge on any atom is -0.491 e. The summed E-state index contributed by atoms with van der Waals surface area (Å²) in [7, 11) is -1.78. The van der Waals surface area contributed by atoms with Gasteiger partial charge in [0, 0.05) is 30.8 Å². The highest BCUT2D eigenvalue weighted by molar-refractivity contribution is 7.90. The van der Waals surface area contributed by atoms with Crippen LogP contribution in [-0.4, -0.2) is 67.4 Å². The maximum absolute atomic E-state index is 12.8. The van der Waals surface area contributed by atoms with Crippen LogP contribution in [0.15, 0.2) is 63.7 Å². The fourth-order valence-corrected chi connectivity index (χ4v) is 4.55. The zero-order valence-corrected chi connectivity index (χ0v) is 20.8. The Bertz CT molecular complexity index is 1530. The number of nitrogens with one attached hydrogen (secondary N) is 1. The number of aromatic nitrogens is 2. The SMILES string of the molecule is COc1c(OCc2ccc(S(C)(=O)=O)cc2)ccc2c1N=C(NC(=O)c1cnc(N)nc1)N1CCN=C21. The quantitative estimate of drug-likeness (QED) is 0.490. The second kappa shape index (κ2) is 9.50. The molecule has 37 heavy (non-hydrogen) atoms. The van der Waals surface area contributed by atoms with Gasteiger partial charge in [-0.3, -0.25) is 20.0 Å². The minimum absolute atomic E-state index is 0.0676. The van der Waals surface area contributed by atoms with Gasteiger partial charge in [0.15, 0.2) is 21.3 Å². The predicted octanol–water partition coefficient (Wildman–Crippen LogP) is 1.54. The van der Waals surface area contributed by atoms with Crippen molar-refractivity contribution in [2.24, 2.45) is 9.98 Å². The van der Waals surface area contributed by atoms with E-state index in [1.165, 1.54) is 31.6 Å². The van der Waals surface area contributed by atoms with Crippen LogP contribution in [0.1, 0.15) is 21.5 Å². The molecule has 0 fully saturated rings. The van der Waals surface area contributed by atoms with Gasteiger partial charge in [0.2, 0.25) is 11.9 Å². The third-order valence-corrected chi connectivity index (χ3v) is 6.89. The molecule has 5 rings (SSSR count). The van der Waals surface area contributed by atoms with Crippen molar-refractivity contribution in [3.63, 3.8) is 0 Å². The molecule has 0 saturated carbocycles. The van der Waals surface area contributed by atoms with Crippen molar-refractivity contribution in [1.82, 2.24) is 20.2 Å². The van der Waals surface area contributed by atoms with Crippen molar-refractivity contribution in [1.29, 1.82) is 0 Å². The smallest absolute Gasteiger partial charge is 0.261 e. The second-order valence-electron chi connectivity index (χ2n) is 8.27. The number of ether oxygens (including phenoxy) is 2. The number of amidine groups is 1. The number of anilines is 1. The van der Waals surface area contributed by atoms with E-state index >= 15 is 0 Å². The van der Waals surface area contributed by atoms with Gasteiger partial charge in [-0.05, 0) is 29.8 Å². The predicted molar refractivity (Wildman–Crippen MR) is 136 cm³/mol. The molecule has 0 radical (unpaired) electrons. The van der Waals surface area contributed by atoms with Crippen LogP contribution in [0.4, 0.5) is 11.6 Å². The number of benzene rings is 2. The molecule has 0 unspecified atom stereocenters. The van der Waals surface area contributed by atoms with E-state index in [2.05, 4.69) is 25.3 Å². The van der Waals surface area contributed by atoms with E-state index in [0.29, 0.717) is 36.1 Å². The molecule has 3 aromatic rings. The highest BCUT2D eigenvalue weighted by Gasteiger charge is 2.33. The number of guanidine groups is 1. The molecule has 3 heterocycles. The lowest BCUT2D eigenvalue weighted by atomic mass is 10.1. The first kappa shape index (κ1) is 24.2. The Hall–Kier alpha value is -4.52. The van der Waals surface area contributed by atoms with Crippen molar-refractivity contribution in [2.45, 2.75) is 11.5 Å². The van der Waals surface area contributed by atoms with Crippen LogP contribution in [0.5, 0.6) is 11.5 Å². The Balaban J connectivity index is 1.43. The number of carbonyl (C=O) groups is 1. The number of aliphatic imine (C=N–C) groups is 2. The molecule has 2 aliphatic rings. The second-order valence-corrected chi connectivity index (χ2v) is 10.3. The standard InChI is InChI=1S/C24H23N7O5S/c1-35-20-18(36-13-14-3-5-16(6-4-14)37(2,33)34)8-7-17-19(20)29-24(31-10-9-26-21(17)31)30-22(32)15-11-27-23(25)28-12-15/h3-8,11-12H,9-10,13H2,1-2H3,(H2,25,27,28)(H,29,30,32). The van der Waals surface area contributed by atoms with Crippen LogP contribution in [-0.2, 0) is 16.4 Å². The molecular formula is C24H23N7O5S. The molecule has 2 aromatic carbocycles. The summed E-state index contributed by atoms with van der Waals surface area (Å²) in [5.74, 6) is 1.38. The van der Waals surface area contributed by atoms with Crippen LogP contribution in [0.3, 0.4) is 0 Å². The topological polar surface area (TPSA) is 161 Å². The van der Waals surface area contributed by atoms with Gasteiger partial charge in [0.05, 0.1) is 24.1 Å². The lowest BCUT2D eigenvalue weighted by molar-refractivity contribution is 0.0973. The molecule has 0 aliphatic carbocycles. The van der Waals surface area contributed by atoms with Gasteiger partial charge in [-0.25, -0.2) is 23.4 Å². The molecule has 0 atom stereocenters. The van der Waals surface area contributed by atoms with E-state index < -0.39 is 15.7 Å². The van der Waals surface area contributed by atoms with Crippen LogP contribution < -0.4 is 20.5 Å². The summed E-state index contributed by atoms with van der Waals surface area (Å²) in [4.78, 5) is 31.9. The third kappa shape index (κ3) is 4.80. The summed E-state index contributed by atoms with van der Waals surface area (Å²) in [6, 6.07) is 10.1. The van der Waals surface area contributed by atoms with Crippen LogP contribution in [0.2, 0.25) is 0 Å². The van der Waals surface area contributed by atoms with E-state index in [0.717, 1.165) is 17.4 Å². The lowest BCUT2D eigenvalue weighted by Gasteiger charge is -2.28. The van der Waals surface area contributed by atoms with Crippen molar-refractivity contribution in [3.05, 3.63) is 65.5 Å². The summed E-state index contributed by atoms with van der Waals surface area (Å²) in [5, 5.41) is 2.80. The maximum Gasteiger partial charge on any atom is 0.261 e. The van der Waals surface area contributed by atoms with Gasteiger partial charge in [-0.2, -0.15) is 0 Å². The van der Waals surface area contributed by atoms with E-state index in [1.54, 1.807) is 18.2 Å². The van der Waals surface area contributed by atoms with Gasteiger partial charge >= 0.3 is 0 Å². The fourth-order valence-electron chi connectivity index (χ4n) is 3.92. The zero-order chi connectivity index (χ0) is 26.2. The first-order valence-electron chi connectivity index (χ1n) is 11.2. The van der Waals surface area contributed by atoms with Gasteiger partial charge in [-0.15, -0.1) is 0 Å². The van der Waals surface area contributed by atoms with Gasteiger partial charge in [-0.1, -0.05) is 12.1 Å². The summed E-state index contributed by atoms with van der Waals surface area (Å²) in [6.45, 7) is 1.27.